The number of likely N-dealkylation sites (N-methyl/N-ethyl adjacent to an activating group) is 1. The van der Waals surface area contributed by atoms with Crippen molar-refractivity contribution in [1.82, 2.24) is 10.3 Å². The van der Waals surface area contributed by atoms with E-state index in [0.29, 0.717) is 5.02 Å². The topological polar surface area (TPSA) is 24.9 Å². The van der Waals surface area contributed by atoms with Gasteiger partial charge in [-0.25, -0.2) is 0 Å². The van der Waals surface area contributed by atoms with Crippen molar-refractivity contribution in [2.75, 3.05) is 7.05 Å². The van der Waals surface area contributed by atoms with Gasteiger partial charge in [0.15, 0.2) is 0 Å². The maximum atomic E-state index is 6.16. The van der Waals surface area contributed by atoms with Crippen LogP contribution in [0.5, 0.6) is 0 Å². The molecule has 90 valence electrons. The predicted octanol–water partition coefficient (Wildman–Crippen LogP) is 4.06. The Kier molecular flexibility index (Phi) is 4.56. The molecule has 2 heterocycles. The molecular formula is C12H12BrClN2S. The molecule has 0 spiro atoms. The first-order valence-electron chi connectivity index (χ1n) is 5.20. The highest BCUT2D eigenvalue weighted by Crippen LogP contribution is 2.28. The van der Waals surface area contributed by atoms with Gasteiger partial charge in [-0.2, -0.15) is 0 Å². The summed E-state index contributed by atoms with van der Waals surface area (Å²) >= 11 is 11.4. The molecule has 2 aromatic rings. The number of aromatic nitrogens is 1. The standard InChI is InChI=1S/C12H12BrClN2S/c1-15-12(5-9-4-8(13)7-17-9)10-2-3-16-6-11(10)14/h2-4,6-7,12,15H,5H2,1H3. The summed E-state index contributed by atoms with van der Waals surface area (Å²) in [5.41, 5.74) is 1.09. The lowest BCUT2D eigenvalue weighted by molar-refractivity contribution is 0.596. The Hall–Kier alpha value is -0.420. The largest absolute Gasteiger partial charge is 0.313 e. The van der Waals surface area contributed by atoms with E-state index in [4.69, 9.17) is 11.6 Å². The first-order chi connectivity index (χ1) is 8.20. The fraction of sp³-hybridized carbons (Fsp3) is 0.250. The van der Waals surface area contributed by atoms with Gasteiger partial charge < -0.3 is 5.32 Å². The monoisotopic (exact) mass is 330 g/mol. The van der Waals surface area contributed by atoms with Crippen LogP contribution in [0.25, 0.3) is 0 Å². The molecule has 1 unspecified atom stereocenters. The van der Waals surface area contributed by atoms with Crippen LogP contribution in [-0.4, -0.2) is 12.0 Å². The van der Waals surface area contributed by atoms with E-state index in [2.05, 4.69) is 37.7 Å². The Morgan fingerprint density at radius 2 is 2.41 bits per heavy atom. The number of thiophene rings is 1. The predicted molar refractivity (Wildman–Crippen MR) is 76.8 cm³/mol. The highest BCUT2D eigenvalue weighted by atomic mass is 79.9. The van der Waals surface area contributed by atoms with E-state index in [1.54, 1.807) is 23.7 Å². The van der Waals surface area contributed by atoms with Crippen LogP contribution in [-0.2, 0) is 6.42 Å². The normalized spacial score (nSPS) is 12.6. The third kappa shape index (κ3) is 3.28. The number of rotatable bonds is 4. The number of hydrogen-bond acceptors (Lipinski definition) is 3. The summed E-state index contributed by atoms with van der Waals surface area (Å²) < 4.78 is 1.13. The highest BCUT2D eigenvalue weighted by molar-refractivity contribution is 9.10. The maximum Gasteiger partial charge on any atom is 0.0637 e. The molecule has 0 saturated carbocycles. The third-order valence-electron chi connectivity index (χ3n) is 2.55. The zero-order valence-electron chi connectivity index (χ0n) is 9.28. The van der Waals surface area contributed by atoms with E-state index in [9.17, 15) is 0 Å². The summed E-state index contributed by atoms with van der Waals surface area (Å²) in [6, 6.07) is 4.33. The second-order valence-corrected chi connectivity index (χ2v) is 5.99. The van der Waals surface area contributed by atoms with Gasteiger partial charge in [-0.15, -0.1) is 11.3 Å². The molecule has 0 aliphatic carbocycles. The molecule has 2 nitrogen and oxygen atoms in total. The first kappa shape index (κ1) is 13.0. The molecule has 0 aliphatic heterocycles. The molecular weight excluding hydrogens is 320 g/mol. The smallest absolute Gasteiger partial charge is 0.0637 e. The third-order valence-corrected chi connectivity index (χ3v) is 4.59. The molecule has 0 aromatic carbocycles. The Morgan fingerprint density at radius 3 is 3.00 bits per heavy atom. The van der Waals surface area contributed by atoms with Gasteiger partial charge in [0, 0.05) is 39.6 Å². The molecule has 0 saturated heterocycles. The maximum absolute atomic E-state index is 6.16. The number of hydrogen-bond donors (Lipinski definition) is 1. The van der Waals surface area contributed by atoms with E-state index in [1.165, 1.54) is 4.88 Å². The molecule has 17 heavy (non-hydrogen) atoms. The zero-order chi connectivity index (χ0) is 12.3. The van der Waals surface area contributed by atoms with Crippen LogP contribution in [0.2, 0.25) is 5.02 Å². The van der Waals surface area contributed by atoms with E-state index < -0.39 is 0 Å². The van der Waals surface area contributed by atoms with Crippen LogP contribution < -0.4 is 5.32 Å². The number of nitrogens with zero attached hydrogens (tertiary/aromatic N) is 1. The van der Waals surface area contributed by atoms with Crippen molar-refractivity contribution in [3.05, 3.63) is 49.8 Å². The van der Waals surface area contributed by atoms with Crippen LogP contribution >= 0.6 is 38.9 Å². The molecule has 2 aromatic heterocycles. The van der Waals surface area contributed by atoms with Crippen molar-refractivity contribution in [2.45, 2.75) is 12.5 Å². The van der Waals surface area contributed by atoms with Gasteiger partial charge in [-0.05, 0) is 40.7 Å². The van der Waals surface area contributed by atoms with Gasteiger partial charge in [-0.3, -0.25) is 4.98 Å². The summed E-state index contributed by atoms with van der Waals surface area (Å²) in [5, 5.41) is 6.10. The summed E-state index contributed by atoms with van der Waals surface area (Å²) in [6.45, 7) is 0. The quantitative estimate of drug-likeness (QED) is 0.914. The Balaban J connectivity index is 2.20. The molecule has 2 rings (SSSR count). The lowest BCUT2D eigenvalue weighted by atomic mass is 10.0. The fourth-order valence-corrected chi connectivity index (χ4v) is 3.45. The van der Waals surface area contributed by atoms with Gasteiger partial charge in [0.05, 0.1) is 5.02 Å². The summed E-state index contributed by atoms with van der Waals surface area (Å²) in [5.74, 6) is 0. The Labute approximate surface area is 118 Å². The van der Waals surface area contributed by atoms with Gasteiger partial charge in [0.1, 0.15) is 0 Å². The number of nitrogens with one attached hydrogen (secondary N) is 1. The minimum Gasteiger partial charge on any atom is -0.313 e. The average Bonchev–Trinajstić information content (AvgIpc) is 2.73. The van der Waals surface area contributed by atoms with Crippen LogP contribution in [0.15, 0.2) is 34.4 Å². The molecule has 5 heteroatoms. The summed E-state index contributed by atoms with van der Waals surface area (Å²) in [6.07, 6.45) is 4.39. The number of halogens is 2. The van der Waals surface area contributed by atoms with Crippen LogP contribution in [0.3, 0.4) is 0 Å². The van der Waals surface area contributed by atoms with Gasteiger partial charge in [-0.1, -0.05) is 11.6 Å². The van der Waals surface area contributed by atoms with Crippen molar-refractivity contribution in [3.63, 3.8) is 0 Å². The van der Waals surface area contributed by atoms with Crippen molar-refractivity contribution in [2.24, 2.45) is 0 Å². The minimum absolute atomic E-state index is 0.219. The lowest BCUT2D eigenvalue weighted by Crippen LogP contribution is -2.18. The van der Waals surface area contributed by atoms with Crippen LogP contribution in [0, 0.1) is 0 Å². The van der Waals surface area contributed by atoms with Crippen LogP contribution in [0.4, 0.5) is 0 Å². The van der Waals surface area contributed by atoms with Gasteiger partial charge in [0.2, 0.25) is 0 Å². The molecule has 0 bridgehead atoms. The second-order valence-electron chi connectivity index (χ2n) is 3.67. The van der Waals surface area contributed by atoms with Gasteiger partial charge >= 0.3 is 0 Å². The lowest BCUT2D eigenvalue weighted by Gasteiger charge is -2.16. The molecule has 0 fully saturated rings. The SMILES string of the molecule is CNC(Cc1cc(Br)cs1)c1ccncc1Cl. The fourth-order valence-electron chi connectivity index (χ4n) is 1.70. The second kappa shape index (κ2) is 5.96. The minimum atomic E-state index is 0.219. The van der Waals surface area contributed by atoms with Crippen molar-refractivity contribution in [3.8, 4) is 0 Å². The molecule has 0 radical (unpaired) electrons. The van der Waals surface area contributed by atoms with Crippen molar-refractivity contribution >= 4 is 38.9 Å². The number of pyridine rings is 1. The van der Waals surface area contributed by atoms with E-state index >= 15 is 0 Å². The first-order valence-corrected chi connectivity index (χ1v) is 7.25. The van der Waals surface area contributed by atoms with Crippen molar-refractivity contribution in [1.29, 1.82) is 0 Å². The Morgan fingerprint density at radius 1 is 1.59 bits per heavy atom. The summed E-state index contributed by atoms with van der Waals surface area (Å²) in [4.78, 5) is 5.33. The van der Waals surface area contributed by atoms with Gasteiger partial charge in [0.25, 0.3) is 0 Å². The highest BCUT2D eigenvalue weighted by Gasteiger charge is 2.14. The summed E-state index contributed by atoms with van der Waals surface area (Å²) in [7, 11) is 1.95. The van der Waals surface area contributed by atoms with E-state index in [1.807, 2.05) is 13.1 Å². The molecule has 0 amide bonds. The zero-order valence-corrected chi connectivity index (χ0v) is 12.4. The molecule has 0 aliphatic rings. The van der Waals surface area contributed by atoms with Crippen LogP contribution in [0.1, 0.15) is 16.5 Å². The van der Waals surface area contributed by atoms with Crippen molar-refractivity contribution < 1.29 is 0 Å². The van der Waals surface area contributed by atoms with E-state index in [-0.39, 0.29) is 6.04 Å². The molecule has 1 atom stereocenters. The van der Waals surface area contributed by atoms with E-state index in [0.717, 1.165) is 16.5 Å². The Bertz CT molecular complexity index is 501. The molecule has 1 N–H and O–H groups in total. The average molecular weight is 332 g/mol.